The summed E-state index contributed by atoms with van der Waals surface area (Å²) in [5.41, 5.74) is 0. The average molecular weight is 172 g/mol. The van der Waals surface area contributed by atoms with E-state index in [1.165, 1.54) is 12.8 Å². The molecule has 0 radical (unpaired) electrons. The van der Waals surface area contributed by atoms with Crippen molar-refractivity contribution in [1.29, 1.82) is 0 Å². The molecule has 0 amide bonds. The van der Waals surface area contributed by atoms with Crippen LogP contribution in [-0.4, -0.2) is 36.8 Å². The summed E-state index contributed by atoms with van der Waals surface area (Å²) in [6, 6.07) is 0.554. The van der Waals surface area contributed by atoms with E-state index in [4.69, 9.17) is 5.11 Å². The summed E-state index contributed by atoms with van der Waals surface area (Å²) in [6.45, 7) is 2.58. The molecule has 1 unspecified atom stereocenters. The first kappa shape index (κ1) is 9.48. The molecule has 1 heterocycles. The number of rotatable bonds is 5. The molecule has 1 aliphatic rings. The van der Waals surface area contributed by atoms with Gasteiger partial charge in [0.2, 0.25) is 0 Å². The molecule has 0 aromatic rings. The zero-order valence-corrected chi connectivity index (χ0v) is 7.18. The van der Waals surface area contributed by atoms with Crippen molar-refractivity contribution in [3.05, 3.63) is 0 Å². The van der Waals surface area contributed by atoms with Crippen LogP contribution in [0, 0.1) is 0 Å². The average Bonchev–Trinajstić information content (AvgIpc) is 2.49. The van der Waals surface area contributed by atoms with E-state index in [1.54, 1.807) is 0 Å². The lowest BCUT2D eigenvalue weighted by Gasteiger charge is -2.09. The van der Waals surface area contributed by atoms with Gasteiger partial charge in [-0.1, -0.05) is 0 Å². The maximum atomic E-state index is 10.1. The lowest BCUT2D eigenvalue weighted by Crippen LogP contribution is -2.34. The molecule has 0 spiro atoms. The predicted octanol–water partition coefficient (Wildman–Crippen LogP) is -0.197. The summed E-state index contributed by atoms with van der Waals surface area (Å²) in [6.07, 6.45) is 2.66. The third kappa shape index (κ3) is 3.69. The van der Waals surface area contributed by atoms with Crippen molar-refractivity contribution in [3.63, 3.8) is 0 Å². The minimum atomic E-state index is -0.734. The Kier molecular flexibility index (Phi) is 4.04. The lowest BCUT2D eigenvalue weighted by atomic mass is 10.2. The van der Waals surface area contributed by atoms with Gasteiger partial charge in [0, 0.05) is 19.1 Å². The van der Waals surface area contributed by atoms with Crippen LogP contribution in [0.4, 0.5) is 0 Å². The summed E-state index contributed by atoms with van der Waals surface area (Å²) < 4.78 is 0. The molecule has 1 saturated heterocycles. The zero-order chi connectivity index (χ0) is 8.81. The van der Waals surface area contributed by atoms with Crippen LogP contribution in [0.3, 0.4) is 0 Å². The highest BCUT2D eigenvalue weighted by atomic mass is 16.4. The maximum Gasteiger partial charge on any atom is 0.304 e. The molecule has 4 nitrogen and oxygen atoms in total. The molecule has 70 valence electrons. The van der Waals surface area contributed by atoms with Gasteiger partial charge in [0.15, 0.2) is 0 Å². The Morgan fingerprint density at radius 3 is 3.08 bits per heavy atom. The summed E-state index contributed by atoms with van der Waals surface area (Å²) in [5, 5.41) is 14.8. The van der Waals surface area contributed by atoms with Crippen LogP contribution in [0.25, 0.3) is 0 Å². The summed E-state index contributed by atoms with van der Waals surface area (Å²) in [7, 11) is 0. The van der Waals surface area contributed by atoms with Crippen LogP contribution in [0.5, 0.6) is 0 Å². The summed E-state index contributed by atoms with van der Waals surface area (Å²) in [4.78, 5) is 10.1. The highest BCUT2D eigenvalue weighted by molar-refractivity contribution is 5.66. The van der Waals surface area contributed by atoms with E-state index < -0.39 is 5.97 Å². The van der Waals surface area contributed by atoms with Crippen LogP contribution in [0.15, 0.2) is 0 Å². The standard InChI is InChI=1S/C8H16N2O2/c11-8(12)3-5-9-6-7-2-1-4-10-7/h7,9-10H,1-6H2,(H,11,12). The first-order chi connectivity index (χ1) is 5.79. The topological polar surface area (TPSA) is 61.4 Å². The van der Waals surface area contributed by atoms with Crippen LogP contribution >= 0.6 is 0 Å². The monoisotopic (exact) mass is 172 g/mol. The fraction of sp³-hybridized carbons (Fsp3) is 0.875. The third-order valence-electron chi connectivity index (χ3n) is 2.07. The number of hydrogen-bond donors (Lipinski definition) is 3. The van der Waals surface area contributed by atoms with Crippen molar-refractivity contribution in [3.8, 4) is 0 Å². The molecule has 0 aromatic carbocycles. The molecule has 0 bridgehead atoms. The zero-order valence-electron chi connectivity index (χ0n) is 7.18. The second-order valence-corrected chi connectivity index (χ2v) is 3.14. The lowest BCUT2D eigenvalue weighted by molar-refractivity contribution is -0.136. The molecule has 3 N–H and O–H groups in total. The van der Waals surface area contributed by atoms with E-state index in [-0.39, 0.29) is 6.42 Å². The second kappa shape index (κ2) is 5.11. The van der Waals surface area contributed by atoms with Gasteiger partial charge in [0.1, 0.15) is 0 Å². The van der Waals surface area contributed by atoms with Gasteiger partial charge in [-0.25, -0.2) is 0 Å². The van der Waals surface area contributed by atoms with Gasteiger partial charge in [-0.15, -0.1) is 0 Å². The Labute approximate surface area is 72.3 Å². The van der Waals surface area contributed by atoms with Gasteiger partial charge < -0.3 is 15.7 Å². The quantitative estimate of drug-likeness (QED) is 0.503. The van der Waals surface area contributed by atoms with Gasteiger partial charge in [-0.3, -0.25) is 4.79 Å². The van der Waals surface area contributed by atoms with Crippen LogP contribution in [0.2, 0.25) is 0 Å². The molecular weight excluding hydrogens is 156 g/mol. The Bertz CT molecular complexity index is 144. The highest BCUT2D eigenvalue weighted by Crippen LogP contribution is 2.02. The molecule has 0 saturated carbocycles. The number of hydrogen-bond acceptors (Lipinski definition) is 3. The van der Waals surface area contributed by atoms with E-state index in [9.17, 15) is 4.79 Å². The van der Waals surface area contributed by atoms with Gasteiger partial charge in [0.05, 0.1) is 6.42 Å². The second-order valence-electron chi connectivity index (χ2n) is 3.14. The number of carboxylic acid groups (broad SMARTS) is 1. The Morgan fingerprint density at radius 2 is 2.50 bits per heavy atom. The van der Waals surface area contributed by atoms with E-state index in [0.29, 0.717) is 12.6 Å². The largest absolute Gasteiger partial charge is 0.481 e. The molecule has 0 aromatic heterocycles. The number of carbonyl (C=O) groups is 1. The molecule has 1 aliphatic heterocycles. The highest BCUT2D eigenvalue weighted by Gasteiger charge is 2.12. The van der Waals surface area contributed by atoms with E-state index in [1.807, 2.05) is 0 Å². The summed E-state index contributed by atoms with van der Waals surface area (Å²) >= 11 is 0. The molecule has 0 aliphatic carbocycles. The van der Waals surface area contributed by atoms with E-state index in [2.05, 4.69) is 10.6 Å². The fourth-order valence-electron chi connectivity index (χ4n) is 1.40. The Balaban J connectivity index is 1.91. The molecular formula is C8H16N2O2. The van der Waals surface area contributed by atoms with Crippen molar-refractivity contribution in [2.75, 3.05) is 19.6 Å². The van der Waals surface area contributed by atoms with Crippen molar-refractivity contribution >= 4 is 5.97 Å². The van der Waals surface area contributed by atoms with E-state index in [0.717, 1.165) is 13.1 Å². The number of nitrogens with one attached hydrogen (secondary N) is 2. The number of carboxylic acids is 1. The molecule has 4 heteroatoms. The van der Waals surface area contributed by atoms with Gasteiger partial charge >= 0.3 is 5.97 Å². The van der Waals surface area contributed by atoms with Crippen molar-refractivity contribution in [2.24, 2.45) is 0 Å². The molecule has 1 atom stereocenters. The van der Waals surface area contributed by atoms with Crippen molar-refractivity contribution < 1.29 is 9.90 Å². The Morgan fingerprint density at radius 1 is 1.67 bits per heavy atom. The normalized spacial score (nSPS) is 22.8. The molecule has 1 fully saturated rings. The third-order valence-corrected chi connectivity index (χ3v) is 2.07. The maximum absolute atomic E-state index is 10.1. The van der Waals surface area contributed by atoms with Crippen LogP contribution in [0.1, 0.15) is 19.3 Å². The predicted molar refractivity (Wildman–Crippen MR) is 46.1 cm³/mol. The van der Waals surface area contributed by atoms with Gasteiger partial charge in [-0.2, -0.15) is 0 Å². The summed E-state index contributed by atoms with van der Waals surface area (Å²) in [5.74, 6) is -0.734. The van der Waals surface area contributed by atoms with E-state index >= 15 is 0 Å². The first-order valence-electron chi connectivity index (χ1n) is 4.45. The van der Waals surface area contributed by atoms with Crippen molar-refractivity contribution in [2.45, 2.75) is 25.3 Å². The fourth-order valence-corrected chi connectivity index (χ4v) is 1.40. The smallest absolute Gasteiger partial charge is 0.304 e. The first-order valence-corrected chi connectivity index (χ1v) is 4.45. The van der Waals surface area contributed by atoms with Gasteiger partial charge in [-0.05, 0) is 19.4 Å². The Hall–Kier alpha value is -0.610. The minimum absolute atomic E-state index is 0.215. The van der Waals surface area contributed by atoms with Crippen LogP contribution in [-0.2, 0) is 4.79 Å². The SMILES string of the molecule is O=C(O)CCNCC1CCCN1. The number of aliphatic carboxylic acids is 1. The molecule has 1 rings (SSSR count). The van der Waals surface area contributed by atoms with Crippen LogP contribution < -0.4 is 10.6 Å². The van der Waals surface area contributed by atoms with Crippen molar-refractivity contribution in [1.82, 2.24) is 10.6 Å². The minimum Gasteiger partial charge on any atom is -0.481 e. The molecule has 12 heavy (non-hydrogen) atoms. The van der Waals surface area contributed by atoms with Gasteiger partial charge in [0.25, 0.3) is 0 Å².